The Hall–Kier alpha value is -1.14. The molecule has 0 aliphatic carbocycles. The number of nitrogens with zero attached hydrogens (tertiary/aromatic N) is 2. The number of nitrogens with one attached hydrogen (secondary N) is 1. The number of benzene rings is 1. The number of rotatable bonds is 5. The van der Waals surface area contributed by atoms with Crippen LogP contribution in [0.15, 0.2) is 24.3 Å². The van der Waals surface area contributed by atoms with Gasteiger partial charge in [0.1, 0.15) is 5.75 Å². The van der Waals surface area contributed by atoms with Crippen LogP contribution in [0.2, 0.25) is 0 Å². The van der Waals surface area contributed by atoms with Gasteiger partial charge < -0.3 is 15.4 Å². The maximum Gasteiger partial charge on any atom is 0.118 e. The molecule has 0 bridgehead atoms. The van der Waals surface area contributed by atoms with Gasteiger partial charge in [-0.25, -0.2) is 10.4 Å². The predicted molar refractivity (Wildman–Crippen MR) is 77.0 cm³/mol. The molecule has 1 aromatic carbocycles. The second-order valence-electron chi connectivity index (χ2n) is 4.98. The van der Waals surface area contributed by atoms with E-state index in [-0.39, 0.29) is 6.04 Å². The fraction of sp³-hybridized carbons (Fsp3) is 0.571. The number of hydrogen-bond acceptors (Lipinski definition) is 5. The summed E-state index contributed by atoms with van der Waals surface area (Å²) in [6.45, 7) is 4.82. The molecule has 1 atom stereocenters. The monoisotopic (exact) mass is 264 g/mol. The zero-order chi connectivity index (χ0) is 13.7. The van der Waals surface area contributed by atoms with Gasteiger partial charge in [-0.1, -0.05) is 12.1 Å². The average Bonchev–Trinajstić information content (AvgIpc) is 2.47. The summed E-state index contributed by atoms with van der Waals surface area (Å²) < 4.78 is 5.18. The summed E-state index contributed by atoms with van der Waals surface area (Å²) in [5, 5.41) is 2.27. The summed E-state index contributed by atoms with van der Waals surface area (Å²) in [5.74, 6) is 0.874. The van der Waals surface area contributed by atoms with Crippen LogP contribution in [0.1, 0.15) is 11.6 Å². The maximum atomic E-state index is 5.89. The van der Waals surface area contributed by atoms with Crippen molar-refractivity contribution in [3.05, 3.63) is 29.8 Å². The third-order valence-electron chi connectivity index (χ3n) is 3.60. The summed E-state index contributed by atoms with van der Waals surface area (Å²) in [5.41, 5.74) is 10.6. The molecule has 1 heterocycles. The van der Waals surface area contributed by atoms with E-state index in [0.717, 1.165) is 31.9 Å². The van der Waals surface area contributed by atoms with Crippen LogP contribution in [-0.2, 0) is 0 Å². The Morgan fingerprint density at radius 1 is 1.21 bits per heavy atom. The predicted octanol–water partition coefficient (Wildman–Crippen LogP) is 0.447. The Morgan fingerprint density at radius 3 is 2.37 bits per heavy atom. The van der Waals surface area contributed by atoms with Gasteiger partial charge in [0.15, 0.2) is 0 Å². The smallest absolute Gasteiger partial charge is 0.118 e. The zero-order valence-electron chi connectivity index (χ0n) is 11.8. The van der Waals surface area contributed by atoms with Crippen LogP contribution in [-0.4, -0.2) is 56.8 Å². The molecule has 5 nitrogen and oxygen atoms in total. The molecule has 0 saturated carbocycles. The molecule has 1 fully saturated rings. The molecular weight excluding hydrogens is 240 g/mol. The Bertz CT molecular complexity index is 374. The highest BCUT2D eigenvalue weighted by atomic mass is 16.5. The van der Waals surface area contributed by atoms with Gasteiger partial charge in [-0.15, -0.1) is 0 Å². The standard InChI is InChI=1S/C14H24N4O/c1-17-7-9-18(10-8-17)16-14(11-15)12-3-5-13(19-2)6-4-12/h3-6,14,16H,7-11,15H2,1-2H3. The van der Waals surface area contributed by atoms with Gasteiger partial charge in [-0.05, 0) is 24.7 Å². The lowest BCUT2D eigenvalue weighted by Gasteiger charge is -2.35. The highest BCUT2D eigenvalue weighted by molar-refractivity contribution is 5.29. The SMILES string of the molecule is COc1ccc(C(CN)NN2CCN(C)CC2)cc1. The van der Waals surface area contributed by atoms with E-state index in [4.69, 9.17) is 10.5 Å². The highest BCUT2D eigenvalue weighted by Gasteiger charge is 2.17. The number of piperazine rings is 1. The Balaban J connectivity index is 1.95. The molecule has 0 spiro atoms. The molecule has 1 unspecified atom stereocenters. The van der Waals surface area contributed by atoms with Gasteiger partial charge in [0, 0.05) is 32.7 Å². The molecule has 0 amide bonds. The van der Waals surface area contributed by atoms with Crippen molar-refractivity contribution in [2.75, 3.05) is 46.9 Å². The highest BCUT2D eigenvalue weighted by Crippen LogP contribution is 2.17. The Kier molecular flexibility index (Phi) is 5.15. The molecule has 1 aliphatic rings. The van der Waals surface area contributed by atoms with Gasteiger partial charge in [-0.3, -0.25) is 0 Å². The van der Waals surface area contributed by atoms with Gasteiger partial charge in [0.05, 0.1) is 13.2 Å². The third-order valence-corrected chi connectivity index (χ3v) is 3.60. The maximum absolute atomic E-state index is 5.89. The average molecular weight is 264 g/mol. The van der Waals surface area contributed by atoms with Crippen molar-refractivity contribution in [1.29, 1.82) is 0 Å². The summed E-state index contributed by atoms with van der Waals surface area (Å²) in [6, 6.07) is 8.25. The van der Waals surface area contributed by atoms with E-state index in [1.165, 1.54) is 5.56 Å². The van der Waals surface area contributed by atoms with Crippen LogP contribution < -0.4 is 15.9 Å². The van der Waals surface area contributed by atoms with E-state index < -0.39 is 0 Å². The van der Waals surface area contributed by atoms with Crippen molar-refractivity contribution in [2.24, 2.45) is 5.73 Å². The third kappa shape index (κ3) is 3.91. The molecule has 1 saturated heterocycles. The molecule has 106 valence electrons. The van der Waals surface area contributed by atoms with Gasteiger partial charge in [0.25, 0.3) is 0 Å². The van der Waals surface area contributed by atoms with Crippen molar-refractivity contribution < 1.29 is 4.74 Å². The minimum Gasteiger partial charge on any atom is -0.497 e. The molecule has 1 aromatic rings. The van der Waals surface area contributed by atoms with Crippen LogP contribution in [0.5, 0.6) is 5.75 Å². The first kappa shape index (κ1) is 14.3. The van der Waals surface area contributed by atoms with Crippen LogP contribution >= 0.6 is 0 Å². The van der Waals surface area contributed by atoms with Crippen LogP contribution in [0.3, 0.4) is 0 Å². The number of methoxy groups -OCH3 is 1. The minimum absolute atomic E-state index is 0.161. The molecule has 3 N–H and O–H groups in total. The first-order valence-electron chi connectivity index (χ1n) is 6.76. The molecule has 2 rings (SSSR count). The van der Waals surface area contributed by atoms with E-state index in [1.807, 2.05) is 12.1 Å². The Labute approximate surface area is 115 Å². The van der Waals surface area contributed by atoms with Crippen molar-refractivity contribution in [3.63, 3.8) is 0 Å². The van der Waals surface area contributed by atoms with E-state index >= 15 is 0 Å². The molecule has 0 radical (unpaired) electrons. The van der Waals surface area contributed by atoms with Crippen LogP contribution in [0.4, 0.5) is 0 Å². The normalized spacial score (nSPS) is 19.3. The largest absolute Gasteiger partial charge is 0.497 e. The minimum atomic E-state index is 0.161. The second-order valence-corrected chi connectivity index (χ2v) is 4.98. The van der Waals surface area contributed by atoms with Gasteiger partial charge >= 0.3 is 0 Å². The first-order valence-corrected chi connectivity index (χ1v) is 6.76. The van der Waals surface area contributed by atoms with Gasteiger partial charge in [0.2, 0.25) is 0 Å². The summed E-state index contributed by atoms with van der Waals surface area (Å²) >= 11 is 0. The quantitative estimate of drug-likeness (QED) is 0.808. The molecule has 5 heteroatoms. The number of nitrogens with two attached hydrogens (primary N) is 1. The van der Waals surface area contributed by atoms with E-state index in [2.05, 4.69) is 34.5 Å². The second kappa shape index (κ2) is 6.86. The van der Waals surface area contributed by atoms with Crippen molar-refractivity contribution >= 4 is 0 Å². The number of likely N-dealkylation sites (N-methyl/N-ethyl adjacent to an activating group) is 1. The van der Waals surface area contributed by atoms with E-state index in [1.54, 1.807) is 7.11 Å². The fourth-order valence-electron chi connectivity index (χ4n) is 2.26. The van der Waals surface area contributed by atoms with Crippen LogP contribution in [0.25, 0.3) is 0 Å². The number of hydrazine groups is 1. The summed E-state index contributed by atoms with van der Waals surface area (Å²) in [7, 11) is 3.83. The zero-order valence-corrected chi connectivity index (χ0v) is 11.8. The van der Waals surface area contributed by atoms with Crippen molar-refractivity contribution in [1.82, 2.24) is 15.3 Å². The van der Waals surface area contributed by atoms with E-state index in [0.29, 0.717) is 6.54 Å². The number of hydrogen-bond donors (Lipinski definition) is 2. The lowest BCUT2D eigenvalue weighted by atomic mass is 10.1. The Morgan fingerprint density at radius 2 is 1.84 bits per heavy atom. The topological polar surface area (TPSA) is 53.8 Å². The molecule has 19 heavy (non-hydrogen) atoms. The lowest BCUT2D eigenvalue weighted by Crippen LogP contribution is -2.52. The molecular formula is C14H24N4O. The molecule has 0 aromatic heterocycles. The fourth-order valence-corrected chi connectivity index (χ4v) is 2.26. The van der Waals surface area contributed by atoms with Crippen molar-refractivity contribution in [2.45, 2.75) is 6.04 Å². The summed E-state index contributed by atoms with van der Waals surface area (Å²) in [6.07, 6.45) is 0. The number of ether oxygens (including phenoxy) is 1. The lowest BCUT2D eigenvalue weighted by molar-refractivity contribution is 0.0880. The van der Waals surface area contributed by atoms with Gasteiger partial charge in [-0.2, -0.15) is 0 Å². The molecule has 1 aliphatic heterocycles. The summed E-state index contributed by atoms with van der Waals surface area (Å²) in [4.78, 5) is 2.34. The van der Waals surface area contributed by atoms with Crippen LogP contribution in [0, 0.1) is 0 Å². The first-order chi connectivity index (χ1) is 9.22. The van der Waals surface area contributed by atoms with E-state index in [9.17, 15) is 0 Å². The van der Waals surface area contributed by atoms with Crippen molar-refractivity contribution in [3.8, 4) is 5.75 Å².